The third-order valence-corrected chi connectivity index (χ3v) is 7.68. The van der Waals surface area contributed by atoms with Gasteiger partial charge in [0.05, 0.1) is 58.8 Å². The molecule has 0 bridgehead atoms. The van der Waals surface area contributed by atoms with Gasteiger partial charge in [0.15, 0.2) is 0 Å². The van der Waals surface area contributed by atoms with E-state index in [-0.39, 0.29) is 6.10 Å². The lowest BCUT2D eigenvalue weighted by Gasteiger charge is -2.40. The number of aromatic nitrogens is 3. The standard InChI is InChI=1S/C21H24ClN5O4S/c22-17-16-14(26-4-6-27(7-5-26)21(28)31-12-9-30-10-12)1-3-23-19(16)25-18(17)20-24-13-2-8-29-11-15(13)32-20/h1,3,12,21,28H,2,4-11H2,(H,23,25). The topological polar surface area (TPSA) is 96.0 Å². The minimum atomic E-state index is -0.897. The van der Waals surface area contributed by atoms with Crippen molar-refractivity contribution in [2.24, 2.45) is 0 Å². The number of aliphatic hydroxyl groups is 1. The van der Waals surface area contributed by atoms with E-state index in [1.165, 1.54) is 4.88 Å². The molecule has 6 rings (SSSR count). The minimum absolute atomic E-state index is 0.0111. The van der Waals surface area contributed by atoms with Gasteiger partial charge in [0, 0.05) is 38.8 Å². The molecule has 3 aliphatic rings. The summed E-state index contributed by atoms with van der Waals surface area (Å²) in [5, 5.41) is 12.8. The van der Waals surface area contributed by atoms with Gasteiger partial charge in [-0.1, -0.05) is 11.6 Å². The summed E-state index contributed by atoms with van der Waals surface area (Å²) in [7, 11) is 0. The molecule has 3 aromatic rings. The molecule has 0 amide bonds. The number of anilines is 1. The smallest absolute Gasteiger partial charge is 0.216 e. The largest absolute Gasteiger partial charge is 0.376 e. The van der Waals surface area contributed by atoms with Crippen LogP contribution in [-0.2, 0) is 27.2 Å². The number of rotatable bonds is 5. The molecule has 0 radical (unpaired) electrons. The Labute approximate surface area is 193 Å². The van der Waals surface area contributed by atoms with E-state index in [0.29, 0.717) is 44.5 Å². The van der Waals surface area contributed by atoms with E-state index < -0.39 is 6.41 Å². The fourth-order valence-corrected chi connectivity index (χ4v) is 5.77. The van der Waals surface area contributed by atoms with Crippen LogP contribution >= 0.6 is 22.9 Å². The summed E-state index contributed by atoms with van der Waals surface area (Å²) < 4.78 is 16.3. The van der Waals surface area contributed by atoms with Gasteiger partial charge in [-0.3, -0.25) is 4.90 Å². The highest BCUT2D eigenvalue weighted by Gasteiger charge is 2.30. The van der Waals surface area contributed by atoms with Crippen molar-refractivity contribution in [3.8, 4) is 10.7 Å². The maximum atomic E-state index is 10.4. The average Bonchev–Trinajstić information content (AvgIpc) is 3.37. The van der Waals surface area contributed by atoms with Crippen molar-refractivity contribution in [1.82, 2.24) is 19.9 Å². The zero-order valence-corrected chi connectivity index (χ0v) is 19.0. The highest BCUT2D eigenvalue weighted by atomic mass is 35.5. The molecule has 1 unspecified atom stereocenters. The van der Waals surface area contributed by atoms with E-state index in [4.69, 9.17) is 30.8 Å². The number of aromatic amines is 1. The second-order valence-corrected chi connectivity index (χ2v) is 9.67. The lowest BCUT2D eigenvalue weighted by molar-refractivity contribution is -0.262. The summed E-state index contributed by atoms with van der Waals surface area (Å²) in [4.78, 5) is 18.1. The quantitative estimate of drug-likeness (QED) is 0.540. The third-order valence-electron chi connectivity index (χ3n) is 6.21. The molecule has 6 heterocycles. The van der Waals surface area contributed by atoms with Crippen LogP contribution in [0.2, 0.25) is 5.02 Å². The number of hydrogen-bond acceptors (Lipinski definition) is 9. The number of nitrogens with one attached hydrogen (secondary N) is 1. The summed E-state index contributed by atoms with van der Waals surface area (Å²) >= 11 is 8.52. The molecule has 0 aliphatic carbocycles. The average molecular weight is 478 g/mol. The van der Waals surface area contributed by atoms with Crippen molar-refractivity contribution >= 4 is 39.7 Å². The van der Waals surface area contributed by atoms with Crippen LogP contribution in [0.4, 0.5) is 5.69 Å². The number of pyridine rings is 1. The normalized spacial score (nSPS) is 21.0. The number of fused-ring (bicyclic) bond motifs is 2. The van der Waals surface area contributed by atoms with Crippen LogP contribution in [0, 0.1) is 0 Å². The summed E-state index contributed by atoms with van der Waals surface area (Å²) in [5.74, 6) is 0. The molecule has 2 saturated heterocycles. The van der Waals surface area contributed by atoms with Crippen LogP contribution < -0.4 is 4.90 Å². The number of H-pyrrole nitrogens is 1. The number of aliphatic hydroxyl groups excluding tert-OH is 1. The predicted molar refractivity (Wildman–Crippen MR) is 121 cm³/mol. The van der Waals surface area contributed by atoms with Crippen molar-refractivity contribution in [2.75, 3.05) is 50.9 Å². The van der Waals surface area contributed by atoms with Gasteiger partial charge < -0.3 is 29.2 Å². The maximum absolute atomic E-state index is 10.4. The minimum Gasteiger partial charge on any atom is -0.376 e. The van der Waals surface area contributed by atoms with Gasteiger partial charge in [-0.25, -0.2) is 9.97 Å². The van der Waals surface area contributed by atoms with Gasteiger partial charge in [-0.2, -0.15) is 0 Å². The number of thiazole rings is 1. The van der Waals surface area contributed by atoms with Gasteiger partial charge in [-0.05, 0) is 6.07 Å². The number of nitrogens with zero attached hydrogens (tertiary/aromatic N) is 4. The van der Waals surface area contributed by atoms with Gasteiger partial charge >= 0.3 is 0 Å². The van der Waals surface area contributed by atoms with E-state index in [2.05, 4.69) is 14.9 Å². The molecule has 3 aliphatic heterocycles. The fourth-order valence-electron chi connectivity index (χ4n) is 4.34. The Kier molecular flexibility index (Phi) is 5.54. The highest BCUT2D eigenvalue weighted by molar-refractivity contribution is 7.15. The first kappa shape index (κ1) is 20.8. The summed E-state index contributed by atoms with van der Waals surface area (Å²) in [6.07, 6.45) is 1.73. The van der Waals surface area contributed by atoms with Gasteiger partial charge in [0.2, 0.25) is 6.41 Å². The van der Waals surface area contributed by atoms with Crippen LogP contribution in [-0.4, -0.2) is 83.5 Å². The molecule has 1 atom stereocenters. The third kappa shape index (κ3) is 3.69. The van der Waals surface area contributed by atoms with Gasteiger partial charge in [0.1, 0.15) is 16.8 Å². The first-order chi connectivity index (χ1) is 15.7. The van der Waals surface area contributed by atoms with Crippen LogP contribution in [0.1, 0.15) is 10.6 Å². The molecule has 170 valence electrons. The molecule has 3 aromatic heterocycles. The van der Waals surface area contributed by atoms with Crippen LogP contribution in [0.3, 0.4) is 0 Å². The molecule has 9 nitrogen and oxygen atoms in total. The molecule has 0 saturated carbocycles. The summed E-state index contributed by atoms with van der Waals surface area (Å²) in [6.45, 7) is 5.30. The van der Waals surface area contributed by atoms with Crippen molar-refractivity contribution in [1.29, 1.82) is 0 Å². The van der Waals surface area contributed by atoms with Crippen molar-refractivity contribution in [3.05, 3.63) is 27.9 Å². The fraction of sp³-hybridized carbons (Fsp3) is 0.524. The number of halogens is 1. The van der Waals surface area contributed by atoms with Crippen molar-refractivity contribution in [2.45, 2.75) is 25.5 Å². The lowest BCUT2D eigenvalue weighted by Crippen LogP contribution is -2.53. The Morgan fingerprint density at radius 3 is 2.84 bits per heavy atom. The van der Waals surface area contributed by atoms with E-state index in [9.17, 15) is 5.11 Å². The molecule has 0 spiro atoms. The van der Waals surface area contributed by atoms with E-state index in [1.54, 1.807) is 17.5 Å². The van der Waals surface area contributed by atoms with Crippen LogP contribution in [0.15, 0.2) is 12.3 Å². The Morgan fingerprint density at radius 2 is 2.09 bits per heavy atom. The second kappa shape index (κ2) is 8.53. The van der Waals surface area contributed by atoms with Gasteiger partial charge in [0.25, 0.3) is 0 Å². The Morgan fingerprint density at radius 1 is 1.25 bits per heavy atom. The van der Waals surface area contributed by atoms with Crippen molar-refractivity contribution < 1.29 is 19.3 Å². The Bertz CT molecular complexity index is 1100. The van der Waals surface area contributed by atoms with E-state index in [1.807, 2.05) is 11.0 Å². The van der Waals surface area contributed by atoms with Crippen molar-refractivity contribution in [3.63, 3.8) is 0 Å². The maximum Gasteiger partial charge on any atom is 0.216 e. The van der Waals surface area contributed by atoms with Crippen LogP contribution in [0.5, 0.6) is 0 Å². The monoisotopic (exact) mass is 477 g/mol. The Hall–Kier alpha value is -1.79. The second-order valence-electron chi connectivity index (χ2n) is 8.20. The molecule has 11 heteroatoms. The molecular weight excluding hydrogens is 454 g/mol. The van der Waals surface area contributed by atoms with Gasteiger partial charge in [-0.15, -0.1) is 11.3 Å². The van der Waals surface area contributed by atoms with E-state index in [0.717, 1.165) is 52.6 Å². The highest BCUT2D eigenvalue weighted by Crippen LogP contribution is 2.41. The molecule has 2 fully saturated rings. The number of ether oxygens (including phenoxy) is 3. The summed E-state index contributed by atoms with van der Waals surface area (Å²) in [5.41, 5.74) is 3.70. The predicted octanol–water partition coefficient (Wildman–Crippen LogP) is 2.23. The van der Waals surface area contributed by atoms with Crippen LogP contribution in [0.25, 0.3) is 21.7 Å². The molecule has 2 N–H and O–H groups in total. The number of hydrogen-bond donors (Lipinski definition) is 2. The zero-order valence-electron chi connectivity index (χ0n) is 17.4. The zero-order chi connectivity index (χ0) is 21.7. The first-order valence-electron chi connectivity index (χ1n) is 10.8. The molecule has 0 aromatic carbocycles. The number of piperazine rings is 1. The Balaban J connectivity index is 1.24. The lowest BCUT2D eigenvalue weighted by atomic mass is 10.2. The molecular formula is C21H24ClN5O4S. The first-order valence-corrected chi connectivity index (χ1v) is 12.0. The SMILES string of the molecule is OC(OC1COC1)N1CCN(c2ccnc3[nH]c(-c4nc5c(s4)COCC5)c(Cl)c23)CC1. The summed E-state index contributed by atoms with van der Waals surface area (Å²) in [6, 6.07) is 2.00. The molecule has 32 heavy (non-hydrogen) atoms. The van der Waals surface area contributed by atoms with E-state index >= 15 is 0 Å².